The van der Waals surface area contributed by atoms with Crippen LogP contribution >= 0.6 is 15.9 Å². The highest BCUT2D eigenvalue weighted by molar-refractivity contribution is 9.10. The van der Waals surface area contributed by atoms with E-state index < -0.39 is 23.4 Å². The Balaban J connectivity index is 2.65. The summed E-state index contributed by atoms with van der Waals surface area (Å²) in [6.07, 6.45) is -3.87. The Morgan fingerprint density at radius 2 is 1.94 bits per heavy atom. The van der Waals surface area contributed by atoms with Gasteiger partial charge in [0.15, 0.2) is 5.69 Å². The summed E-state index contributed by atoms with van der Waals surface area (Å²) < 4.78 is 52.8. The molecule has 1 aromatic carbocycles. The number of rotatable bonds is 1. The van der Waals surface area contributed by atoms with Crippen LogP contribution in [-0.2, 0) is 6.18 Å². The molecule has 2 rings (SSSR count). The first-order chi connectivity index (χ1) is 8.30. The fourth-order valence-corrected chi connectivity index (χ4v) is 1.81. The van der Waals surface area contributed by atoms with E-state index in [4.69, 9.17) is 5.73 Å². The SMILES string of the molecule is Nc1cnn(-c2ccc(Br)cc2F)c1C(F)(F)F. The molecule has 96 valence electrons. The van der Waals surface area contributed by atoms with Gasteiger partial charge in [0, 0.05) is 4.47 Å². The molecule has 0 aliphatic heterocycles. The largest absolute Gasteiger partial charge is 0.435 e. The third-order valence-corrected chi connectivity index (χ3v) is 2.70. The molecule has 0 saturated carbocycles. The Labute approximate surface area is 107 Å². The van der Waals surface area contributed by atoms with E-state index in [2.05, 4.69) is 21.0 Å². The van der Waals surface area contributed by atoms with Crippen molar-refractivity contribution in [2.75, 3.05) is 5.73 Å². The molecule has 0 atom stereocenters. The van der Waals surface area contributed by atoms with Crippen molar-refractivity contribution in [1.82, 2.24) is 9.78 Å². The predicted molar refractivity (Wildman–Crippen MR) is 60.6 cm³/mol. The standard InChI is InChI=1S/C10H6BrF4N3/c11-5-1-2-8(6(12)3-5)18-9(10(13,14)15)7(16)4-17-18/h1-4H,16H2. The van der Waals surface area contributed by atoms with Crippen molar-refractivity contribution in [2.24, 2.45) is 0 Å². The van der Waals surface area contributed by atoms with Crippen LogP contribution < -0.4 is 5.73 Å². The van der Waals surface area contributed by atoms with E-state index in [1.54, 1.807) is 0 Å². The van der Waals surface area contributed by atoms with Crippen LogP contribution in [0.3, 0.4) is 0 Å². The number of hydrogen-bond donors (Lipinski definition) is 1. The molecule has 3 nitrogen and oxygen atoms in total. The maximum atomic E-state index is 13.6. The van der Waals surface area contributed by atoms with Crippen LogP contribution in [0.4, 0.5) is 23.2 Å². The van der Waals surface area contributed by atoms with Gasteiger partial charge in [0.05, 0.1) is 11.9 Å². The second kappa shape index (κ2) is 4.27. The molecular formula is C10H6BrF4N3. The molecule has 1 heterocycles. The number of aromatic nitrogens is 2. The van der Waals surface area contributed by atoms with Crippen molar-refractivity contribution in [3.05, 3.63) is 40.4 Å². The van der Waals surface area contributed by atoms with Crippen LogP contribution in [0.25, 0.3) is 5.69 Å². The lowest BCUT2D eigenvalue weighted by atomic mass is 10.3. The smallest absolute Gasteiger partial charge is 0.396 e. The minimum Gasteiger partial charge on any atom is -0.396 e. The second-order valence-electron chi connectivity index (χ2n) is 3.45. The summed E-state index contributed by atoms with van der Waals surface area (Å²) in [4.78, 5) is 0. The quantitative estimate of drug-likeness (QED) is 0.818. The molecule has 0 aliphatic carbocycles. The molecule has 0 radical (unpaired) electrons. The van der Waals surface area contributed by atoms with Crippen LogP contribution in [0.5, 0.6) is 0 Å². The van der Waals surface area contributed by atoms with Crippen molar-refractivity contribution in [3.63, 3.8) is 0 Å². The summed E-state index contributed by atoms with van der Waals surface area (Å²) in [5.41, 5.74) is 3.15. The summed E-state index contributed by atoms with van der Waals surface area (Å²) >= 11 is 3.02. The van der Waals surface area contributed by atoms with Crippen LogP contribution in [0, 0.1) is 5.82 Å². The first-order valence-corrected chi connectivity index (χ1v) is 5.46. The second-order valence-corrected chi connectivity index (χ2v) is 4.37. The predicted octanol–water partition coefficient (Wildman–Crippen LogP) is 3.37. The van der Waals surface area contributed by atoms with Crippen molar-refractivity contribution in [3.8, 4) is 5.69 Å². The topological polar surface area (TPSA) is 43.8 Å². The third-order valence-electron chi connectivity index (χ3n) is 2.20. The summed E-state index contributed by atoms with van der Waals surface area (Å²) in [5, 5.41) is 3.46. The lowest BCUT2D eigenvalue weighted by Crippen LogP contribution is -2.16. The molecule has 2 N–H and O–H groups in total. The minimum atomic E-state index is -4.71. The summed E-state index contributed by atoms with van der Waals surface area (Å²) in [5.74, 6) is -0.835. The fraction of sp³-hybridized carbons (Fsp3) is 0.100. The van der Waals surface area contributed by atoms with Gasteiger partial charge >= 0.3 is 6.18 Å². The zero-order chi connectivity index (χ0) is 13.5. The van der Waals surface area contributed by atoms with Crippen molar-refractivity contribution < 1.29 is 17.6 Å². The van der Waals surface area contributed by atoms with E-state index >= 15 is 0 Å². The molecule has 0 saturated heterocycles. The molecule has 0 aliphatic rings. The van der Waals surface area contributed by atoms with E-state index in [9.17, 15) is 17.6 Å². The summed E-state index contributed by atoms with van der Waals surface area (Å²) in [7, 11) is 0. The van der Waals surface area contributed by atoms with Crippen LogP contribution in [-0.4, -0.2) is 9.78 Å². The highest BCUT2D eigenvalue weighted by atomic mass is 79.9. The molecule has 1 aromatic heterocycles. The Morgan fingerprint density at radius 1 is 1.28 bits per heavy atom. The van der Waals surface area contributed by atoms with E-state index in [1.807, 2.05) is 0 Å². The molecule has 2 aromatic rings. The van der Waals surface area contributed by atoms with E-state index in [-0.39, 0.29) is 5.69 Å². The van der Waals surface area contributed by atoms with Gasteiger partial charge in [-0.25, -0.2) is 9.07 Å². The number of anilines is 1. The number of benzene rings is 1. The molecule has 18 heavy (non-hydrogen) atoms. The lowest BCUT2D eigenvalue weighted by molar-refractivity contribution is -0.142. The van der Waals surface area contributed by atoms with Crippen LogP contribution in [0.15, 0.2) is 28.9 Å². The van der Waals surface area contributed by atoms with Gasteiger partial charge in [-0.1, -0.05) is 15.9 Å². The minimum absolute atomic E-state index is 0.317. The maximum Gasteiger partial charge on any atom is 0.435 e. The molecule has 0 bridgehead atoms. The van der Waals surface area contributed by atoms with Gasteiger partial charge in [-0.15, -0.1) is 0 Å². The summed E-state index contributed by atoms with van der Waals surface area (Å²) in [6.45, 7) is 0. The van der Waals surface area contributed by atoms with E-state index in [1.165, 1.54) is 12.1 Å². The monoisotopic (exact) mass is 323 g/mol. The van der Waals surface area contributed by atoms with Crippen LogP contribution in [0.1, 0.15) is 5.69 Å². The van der Waals surface area contributed by atoms with Crippen molar-refractivity contribution >= 4 is 21.6 Å². The Kier molecular flexibility index (Phi) is 3.05. The number of nitrogens with two attached hydrogens (primary N) is 1. The third kappa shape index (κ3) is 2.20. The zero-order valence-electron chi connectivity index (χ0n) is 8.67. The number of nitrogen functional groups attached to an aromatic ring is 1. The van der Waals surface area contributed by atoms with Gasteiger partial charge in [0.2, 0.25) is 0 Å². The highest BCUT2D eigenvalue weighted by Crippen LogP contribution is 2.35. The zero-order valence-corrected chi connectivity index (χ0v) is 10.3. The number of halogens is 5. The number of hydrogen-bond acceptors (Lipinski definition) is 2. The summed E-state index contributed by atoms with van der Waals surface area (Å²) in [6, 6.07) is 3.64. The molecule has 0 amide bonds. The Hall–Kier alpha value is -1.57. The Morgan fingerprint density at radius 3 is 2.50 bits per heavy atom. The molecule has 0 unspecified atom stereocenters. The van der Waals surface area contributed by atoms with E-state index in [0.717, 1.165) is 12.3 Å². The first kappa shape index (κ1) is 12.9. The maximum absolute atomic E-state index is 13.6. The van der Waals surface area contributed by atoms with Crippen LogP contribution in [0.2, 0.25) is 0 Å². The van der Waals surface area contributed by atoms with Gasteiger partial charge in [-0.3, -0.25) is 0 Å². The molecular weight excluding hydrogens is 318 g/mol. The Bertz CT molecular complexity index is 591. The first-order valence-electron chi connectivity index (χ1n) is 4.67. The molecule has 0 spiro atoms. The number of nitrogens with zero attached hydrogens (tertiary/aromatic N) is 2. The average molecular weight is 324 g/mol. The van der Waals surface area contributed by atoms with Gasteiger partial charge in [-0.2, -0.15) is 18.3 Å². The number of alkyl halides is 3. The molecule has 8 heteroatoms. The molecule has 0 fully saturated rings. The van der Waals surface area contributed by atoms with E-state index in [0.29, 0.717) is 9.15 Å². The van der Waals surface area contributed by atoms with Gasteiger partial charge in [-0.05, 0) is 18.2 Å². The highest BCUT2D eigenvalue weighted by Gasteiger charge is 2.38. The normalized spacial score (nSPS) is 11.8. The average Bonchev–Trinajstić information content (AvgIpc) is 2.59. The van der Waals surface area contributed by atoms with Crippen molar-refractivity contribution in [2.45, 2.75) is 6.18 Å². The lowest BCUT2D eigenvalue weighted by Gasteiger charge is -2.12. The van der Waals surface area contributed by atoms with Gasteiger partial charge in [0.25, 0.3) is 0 Å². The fourth-order valence-electron chi connectivity index (χ4n) is 1.48. The van der Waals surface area contributed by atoms with Gasteiger partial charge < -0.3 is 5.73 Å². The van der Waals surface area contributed by atoms with Crippen molar-refractivity contribution in [1.29, 1.82) is 0 Å². The van der Waals surface area contributed by atoms with Gasteiger partial charge in [0.1, 0.15) is 11.5 Å².